The molecule has 3 rings (SSSR count). The maximum Gasteiger partial charge on any atom is 0.241 e. The first-order chi connectivity index (χ1) is 10.7. The summed E-state index contributed by atoms with van der Waals surface area (Å²) in [5.74, 6) is 0.106. The van der Waals surface area contributed by atoms with Gasteiger partial charge in [0.15, 0.2) is 0 Å². The summed E-state index contributed by atoms with van der Waals surface area (Å²) < 4.78 is 5.88. The molecule has 0 bridgehead atoms. The van der Waals surface area contributed by atoms with E-state index in [2.05, 4.69) is 44.5 Å². The van der Waals surface area contributed by atoms with E-state index in [1.165, 1.54) is 4.88 Å². The Bertz CT molecular complexity index is 588. The highest BCUT2D eigenvalue weighted by Gasteiger charge is 2.70. The maximum atomic E-state index is 12.9. The van der Waals surface area contributed by atoms with Crippen LogP contribution in [0.25, 0.3) is 0 Å². The molecule has 1 aromatic rings. The number of amides is 1. The molecule has 0 radical (unpaired) electrons. The molecule has 0 aromatic carbocycles. The van der Waals surface area contributed by atoms with E-state index in [0.29, 0.717) is 6.54 Å². The predicted octanol–water partition coefficient (Wildman–Crippen LogP) is 3.10. The molecular formula is C18H29ClN2O2S. The van der Waals surface area contributed by atoms with Crippen LogP contribution in [0.2, 0.25) is 0 Å². The van der Waals surface area contributed by atoms with Gasteiger partial charge < -0.3 is 15.8 Å². The van der Waals surface area contributed by atoms with Gasteiger partial charge in [-0.25, -0.2) is 0 Å². The molecule has 136 valence electrons. The molecule has 1 aliphatic heterocycles. The first-order valence-corrected chi connectivity index (χ1v) is 9.32. The highest BCUT2D eigenvalue weighted by atomic mass is 35.5. The van der Waals surface area contributed by atoms with E-state index in [9.17, 15) is 4.79 Å². The average molecular weight is 373 g/mol. The maximum absolute atomic E-state index is 12.9. The second kappa shape index (κ2) is 6.60. The quantitative estimate of drug-likeness (QED) is 0.853. The molecule has 2 aliphatic rings. The lowest BCUT2D eigenvalue weighted by Crippen LogP contribution is -2.82. The van der Waals surface area contributed by atoms with Crippen molar-refractivity contribution in [1.82, 2.24) is 5.32 Å². The van der Waals surface area contributed by atoms with Gasteiger partial charge in [-0.05, 0) is 24.3 Å². The lowest BCUT2D eigenvalue weighted by atomic mass is 9.46. The Hall–Kier alpha value is -0.620. The third kappa shape index (κ3) is 2.79. The number of nitrogens with two attached hydrogens (primary N) is 1. The number of hydrogen-bond acceptors (Lipinski definition) is 4. The van der Waals surface area contributed by atoms with Gasteiger partial charge in [0.2, 0.25) is 5.91 Å². The molecule has 2 fully saturated rings. The van der Waals surface area contributed by atoms with E-state index >= 15 is 0 Å². The Morgan fingerprint density at radius 3 is 2.83 bits per heavy atom. The smallest absolute Gasteiger partial charge is 0.241 e. The minimum atomic E-state index is -0.830. The zero-order chi connectivity index (χ0) is 16.9. The number of ether oxygens (including phenoxy) is 1. The molecule has 3 N–H and O–H groups in total. The minimum absolute atomic E-state index is 0. The summed E-state index contributed by atoms with van der Waals surface area (Å²) in [6.07, 6.45) is 2.08. The molecule has 1 amide bonds. The highest BCUT2D eigenvalue weighted by molar-refractivity contribution is 7.10. The molecule has 4 nitrogen and oxygen atoms in total. The van der Waals surface area contributed by atoms with Crippen molar-refractivity contribution in [3.05, 3.63) is 22.4 Å². The summed E-state index contributed by atoms with van der Waals surface area (Å²) in [4.78, 5) is 14.2. The van der Waals surface area contributed by atoms with Gasteiger partial charge in [-0.2, -0.15) is 0 Å². The lowest BCUT2D eigenvalue weighted by molar-refractivity contribution is -0.225. The number of thiophene rings is 1. The summed E-state index contributed by atoms with van der Waals surface area (Å²) in [6.45, 7) is 9.81. The van der Waals surface area contributed by atoms with Crippen molar-refractivity contribution in [2.45, 2.75) is 57.6 Å². The zero-order valence-electron chi connectivity index (χ0n) is 14.9. The van der Waals surface area contributed by atoms with Crippen LogP contribution in [0.15, 0.2) is 17.5 Å². The Balaban J connectivity index is 0.00000208. The molecular weight excluding hydrogens is 344 g/mol. The van der Waals surface area contributed by atoms with Crippen molar-refractivity contribution in [3.63, 3.8) is 0 Å². The molecule has 6 heteroatoms. The van der Waals surface area contributed by atoms with E-state index in [1.807, 2.05) is 6.07 Å². The van der Waals surface area contributed by atoms with Crippen LogP contribution >= 0.6 is 23.7 Å². The number of nitrogens with one attached hydrogen (secondary N) is 1. The van der Waals surface area contributed by atoms with Gasteiger partial charge in [-0.1, -0.05) is 33.8 Å². The predicted molar refractivity (Wildman–Crippen MR) is 101 cm³/mol. The molecule has 1 aliphatic carbocycles. The van der Waals surface area contributed by atoms with Crippen molar-refractivity contribution in [2.75, 3.05) is 13.2 Å². The Labute approximate surface area is 154 Å². The summed E-state index contributed by atoms with van der Waals surface area (Å²) in [7, 11) is 0. The van der Waals surface area contributed by atoms with Gasteiger partial charge in [-0.3, -0.25) is 4.79 Å². The van der Waals surface area contributed by atoms with E-state index in [0.717, 1.165) is 19.4 Å². The van der Waals surface area contributed by atoms with Crippen LogP contribution in [0.3, 0.4) is 0 Å². The number of carbonyl (C=O) groups excluding carboxylic acids is 1. The molecule has 1 saturated carbocycles. The second-order valence-corrected chi connectivity index (χ2v) is 9.12. The average Bonchev–Trinajstić information content (AvgIpc) is 3.07. The fourth-order valence-electron chi connectivity index (χ4n) is 4.24. The topological polar surface area (TPSA) is 64.4 Å². The van der Waals surface area contributed by atoms with Gasteiger partial charge in [0.1, 0.15) is 5.54 Å². The van der Waals surface area contributed by atoms with Crippen molar-refractivity contribution in [1.29, 1.82) is 0 Å². The Kier molecular flexibility index (Phi) is 5.42. The molecule has 24 heavy (non-hydrogen) atoms. The molecule has 0 spiro atoms. The van der Waals surface area contributed by atoms with Crippen LogP contribution in [0, 0.1) is 11.3 Å². The third-order valence-electron chi connectivity index (χ3n) is 5.94. The monoisotopic (exact) mass is 372 g/mol. The van der Waals surface area contributed by atoms with Crippen LogP contribution in [0.5, 0.6) is 0 Å². The van der Waals surface area contributed by atoms with Crippen LogP contribution in [0.4, 0.5) is 0 Å². The van der Waals surface area contributed by atoms with Crippen LogP contribution in [0.1, 0.15) is 45.4 Å². The SMILES string of the molecule is CC(C)(CNC(=O)C1(N)C2CCCOC2C1(C)C)c1cccs1.Cl. The molecule has 3 atom stereocenters. The number of carbonyl (C=O) groups is 1. The van der Waals surface area contributed by atoms with Gasteiger partial charge in [0, 0.05) is 34.8 Å². The van der Waals surface area contributed by atoms with Gasteiger partial charge in [-0.15, -0.1) is 23.7 Å². The largest absolute Gasteiger partial charge is 0.377 e. The number of rotatable bonds is 4. The van der Waals surface area contributed by atoms with E-state index < -0.39 is 5.54 Å². The number of hydrogen-bond donors (Lipinski definition) is 2. The van der Waals surface area contributed by atoms with Gasteiger partial charge in [0.05, 0.1) is 6.10 Å². The van der Waals surface area contributed by atoms with Crippen molar-refractivity contribution < 1.29 is 9.53 Å². The van der Waals surface area contributed by atoms with Crippen LogP contribution in [-0.2, 0) is 14.9 Å². The summed E-state index contributed by atoms with van der Waals surface area (Å²) in [5.41, 5.74) is 5.40. The first kappa shape index (κ1) is 19.7. The van der Waals surface area contributed by atoms with E-state index in [-0.39, 0.29) is 41.2 Å². The first-order valence-electron chi connectivity index (χ1n) is 8.44. The van der Waals surface area contributed by atoms with Crippen LogP contribution < -0.4 is 11.1 Å². The van der Waals surface area contributed by atoms with Crippen molar-refractivity contribution in [2.24, 2.45) is 17.1 Å². The fraction of sp³-hybridized carbons (Fsp3) is 0.722. The van der Waals surface area contributed by atoms with Crippen molar-refractivity contribution in [3.8, 4) is 0 Å². The summed E-state index contributed by atoms with van der Waals surface area (Å²) in [6, 6.07) is 4.17. The lowest BCUT2D eigenvalue weighted by Gasteiger charge is -2.65. The number of halogens is 1. The van der Waals surface area contributed by atoms with E-state index in [4.69, 9.17) is 10.5 Å². The molecule has 1 saturated heterocycles. The summed E-state index contributed by atoms with van der Waals surface area (Å²) in [5, 5.41) is 5.20. The normalized spacial score (nSPS) is 31.4. The zero-order valence-corrected chi connectivity index (χ0v) is 16.6. The summed E-state index contributed by atoms with van der Waals surface area (Å²) >= 11 is 1.72. The Morgan fingerprint density at radius 1 is 1.50 bits per heavy atom. The van der Waals surface area contributed by atoms with Gasteiger partial charge >= 0.3 is 0 Å². The minimum Gasteiger partial charge on any atom is -0.377 e. The van der Waals surface area contributed by atoms with Crippen molar-refractivity contribution >= 4 is 29.7 Å². The molecule has 1 aromatic heterocycles. The fourth-order valence-corrected chi connectivity index (χ4v) is 5.09. The Morgan fingerprint density at radius 2 is 2.21 bits per heavy atom. The van der Waals surface area contributed by atoms with E-state index in [1.54, 1.807) is 11.3 Å². The van der Waals surface area contributed by atoms with Crippen LogP contribution in [-0.4, -0.2) is 30.7 Å². The standard InChI is InChI=1S/C18H28N2O2S.ClH/c1-16(2,13-8-6-10-23-13)11-20-15(21)18(19)12-7-5-9-22-14(12)17(18,3)4;/h6,8,10,12,14H,5,7,9,11,19H2,1-4H3,(H,20,21);1H. The molecule has 2 heterocycles. The third-order valence-corrected chi connectivity index (χ3v) is 7.18. The highest BCUT2D eigenvalue weighted by Crippen LogP contribution is 2.57. The van der Waals surface area contributed by atoms with Gasteiger partial charge in [0.25, 0.3) is 0 Å². The molecule has 3 unspecified atom stereocenters. The number of fused-ring (bicyclic) bond motifs is 1. The second-order valence-electron chi connectivity index (χ2n) is 8.17.